The molecule has 0 saturated heterocycles. The molecule has 90 valence electrons. The normalized spacial score (nSPS) is 10.1. The summed E-state index contributed by atoms with van der Waals surface area (Å²) in [5.41, 5.74) is -0.143. The molecule has 5 heteroatoms. The first-order valence-electron chi connectivity index (χ1n) is 5.01. The molecule has 0 N–H and O–H groups in total. The van der Waals surface area contributed by atoms with Crippen LogP contribution in [0, 0.1) is 18.3 Å². The summed E-state index contributed by atoms with van der Waals surface area (Å²) in [6.07, 6.45) is -2.79. The van der Waals surface area contributed by atoms with Gasteiger partial charge in [0.2, 0.25) is 0 Å². The van der Waals surface area contributed by atoms with Gasteiger partial charge < -0.3 is 4.74 Å². The lowest BCUT2D eigenvalue weighted by Gasteiger charge is -2.09. The van der Waals surface area contributed by atoms with Gasteiger partial charge >= 0.3 is 5.97 Å². The van der Waals surface area contributed by atoms with Crippen LogP contribution in [0.2, 0.25) is 0 Å². The van der Waals surface area contributed by atoms with Gasteiger partial charge in [0.15, 0.2) is 0 Å². The van der Waals surface area contributed by atoms with Gasteiger partial charge in [-0.05, 0) is 31.5 Å². The number of hydrogen-bond acceptors (Lipinski definition) is 3. The average molecular weight is 239 g/mol. The van der Waals surface area contributed by atoms with Crippen LogP contribution in [0.1, 0.15) is 40.4 Å². The van der Waals surface area contributed by atoms with E-state index >= 15 is 0 Å². The zero-order valence-electron chi connectivity index (χ0n) is 9.46. The number of halogens is 2. The Labute approximate surface area is 97.6 Å². The van der Waals surface area contributed by atoms with Gasteiger partial charge in [0.1, 0.15) is 0 Å². The summed E-state index contributed by atoms with van der Waals surface area (Å²) in [5, 5.41) is 8.78. The van der Waals surface area contributed by atoms with E-state index < -0.39 is 18.0 Å². The lowest BCUT2D eigenvalue weighted by molar-refractivity contribution is 0.0526. The number of carbonyl (C=O) groups excluding carboxylic acids is 1. The van der Waals surface area contributed by atoms with Gasteiger partial charge in [-0.3, -0.25) is 0 Å². The second-order valence-electron chi connectivity index (χ2n) is 3.39. The third-order valence-corrected chi connectivity index (χ3v) is 2.22. The Morgan fingerprint density at radius 3 is 2.65 bits per heavy atom. The molecule has 0 atom stereocenters. The topological polar surface area (TPSA) is 50.1 Å². The summed E-state index contributed by atoms with van der Waals surface area (Å²) in [6.45, 7) is 3.30. The molecule has 0 amide bonds. The lowest BCUT2D eigenvalue weighted by Crippen LogP contribution is -2.07. The maximum absolute atomic E-state index is 12.7. The van der Waals surface area contributed by atoms with Crippen LogP contribution in [-0.2, 0) is 4.74 Å². The molecule has 0 aliphatic heterocycles. The van der Waals surface area contributed by atoms with Crippen molar-refractivity contribution in [2.45, 2.75) is 20.3 Å². The van der Waals surface area contributed by atoms with Gasteiger partial charge in [-0.2, -0.15) is 5.26 Å². The predicted molar refractivity (Wildman–Crippen MR) is 56.8 cm³/mol. The van der Waals surface area contributed by atoms with E-state index in [9.17, 15) is 13.6 Å². The molecule has 0 bridgehead atoms. The fourth-order valence-electron chi connectivity index (χ4n) is 1.47. The SMILES string of the molecule is CCOC(=O)c1cc(C)c(C#N)c(C(F)F)c1. The van der Waals surface area contributed by atoms with E-state index in [1.54, 1.807) is 13.0 Å². The fourth-order valence-corrected chi connectivity index (χ4v) is 1.47. The summed E-state index contributed by atoms with van der Waals surface area (Å²) in [6, 6.07) is 4.10. The number of alkyl halides is 2. The molecule has 1 rings (SSSR count). The molecular weight excluding hydrogens is 228 g/mol. The zero-order valence-corrected chi connectivity index (χ0v) is 9.46. The van der Waals surface area contributed by atoms with E-state index in [1.807, 2.05) is 0 Å². The number of esters is 1. The van der Waals surface area contributed by atoms with Gasteiger partial charge in [-0.15, -0.1) is 0 Å². The highest BCUT2D eigenvalue weighted by molar-refractivity contribution is 5.90. The molecule has 0 spiro atoms. The van der Waals surface area contributed by atoms with Crippen LogP contribution in [-0.4, -0.2) is 12.6 Å². The Morgan fingerprint density at radius 1 is 1.53 bits per heavy atom. The second-order valence-corrected chi connectivity index (χ2v) is 3.39. The highest BCUT2D eigenvalue weighted by Crippen LogP contribution is 2.26. The Hall–Kier alpha value is -1.96. The molecule has 1 aromatic rings. The minimum absolute atomic E-state index is 0.0404. The van der Waals surface area contributed by atoms with Crippen molar-refractivity contribution in [3.63, 3.8) is 0 Å². The first kappa shape index (κ1) is 13.1. The zero-order chi connectivity index (χ0) is 13.0. The number of hydrogen-bond donors (Lipinski definition) is 0. The van der Waals surface area contributed by atoms with E-state index in [2.05, 4.69) is 0 Å². The molecule has 0 aliphatic carbocycles. The van der Waals surface area contributed by atoms with E-state index in [4.69, 9.17) is 10.00 Å². The minimum Gasteiger partial charge on any atom is -0.462 e. The van der Waals surface area contributed by atoms with Crippen molar-refractivity contribution in [1.82, 2.24) is 0 Å². The summed E-state index contributed by atoms with van der Waals surface area (Å²) in [7, 11) is 0. The molecule has 3 nitrogen and oxygen atoms in total. The van der Waals surface area contributed by atoms with Crippen LogP contribution in [0.4, 0.5) is 8.78 Å². The van der Waals surface area contributed by atoms with Gasteiger partial charge in [0.25, 0.3) is 6.43 Å². The third kappa shape index (κ3) is 2.78. The number of carbonyl (C=O) groups is 1. The summed E-state index contributed by atoms with van der Waals surface area (Å²) >= 11 is 0. The van der Waals surface area contributed by atoms with E-state index in [0.717, 1.165) is 6.07 Å². The third-order valence-electron chi connectivity index (χ3n) is 2.22. The quantitative estimate of drug-likeness (QED) is 0.762. The molecule has 0 aliphatic rings. The van der Waals surface area contributed by atoms with Crippen molar-refractivity contribution >= 4 is 5.97 Å². The standard InChI is InChI=1S/C12H11F2NO2/c1-3-17-12(16)8-4-7(2)10(6-15)9(5-8)11(13)14/h4-5,11H,3H2,1-2H3. The van der Waals surface area contributed by atoms with Gasteiger partial charge in [-0.25, -0.2) is 13.6 Å². The largest absolute Gasteiger partial charge is 0.462 e. The molecule has 0 saturated carbocycles. The van der Waals surface area contributed by atoms with Crippen molar-refractivity contribution in [1.29, 1.82) is 5.26 Å². The molecule has 17 heavy (non-hydrogen) atoms. The predicted octanol–water partition coefficient (Wildman–Crippen LogP) is 2.98. The highest BCUT2D eigenvalue weighted by Gasteiger charge is 2.19. The first-order chi connectivity index (χ1) is 8.01. The van der Waals surface area contributed by atoms with Crippen molar-refractivity contribution in [2.24, 2.45) is 0 Å². The minimum atomic E-state index is -2.79. The van der Waals surface area contributed by atoms with Crippen LogP contribution < -0.4 is 0 Å². The van der Waals surface area contributed by atoms with Crippen molar-refractivity contribution in [3.05, 3.63) is 34.4 Å². The molecule has 0 heterocycles. The average Bonchev–Trinajstić information content (AvgIpc) is 2.28. The smallest absolute Gasteiger partial charge is 0.338 e. The molecule has 0 unspecified atom stereocenters. The van der Waals surface area contributed by atoms with Crippen molar-refractivity contribution in [2.75, 3.05) is 6.61 Å². The van der Waals surface area contributed by atoms with Gasteiger partial charge in [0.05, 0.1) is 23.8 Å². The van der Waals surface area contributed by atoms with Crippen LogP contribution in [0.15, 0.2) is 12.1 Å². The number of aryl methyl sites for hydroxylation is 1. The highest BCUT2D eigenvalue weighted by atomic mass is 19.3. The summed E-state index contributed by atoms with van der Waals surface area (Å²) in [5.74, 6) is -0.665. The monoisotopic (exact) mass is 239 g/mol. The van der Waals surface area contributed by atoms with E-state index in [-0.39, 0.29) is 17.7 Å². The molecule has 0 aromatic heterocycles. The molecule has 1 aromatic carbocycles. The van der Waals surface area contributed by atoms with E-state index in [1.165, 1.54) is 13.0 Å². The second kappa shape index (κ2) is 5.39. The van der Waals surface area contributed by atoms with Crippen LogP contribution >= 0.6 is 0 Å². The number of nitriles is 1. The van der Waals surface area contributed by atoms with Crippen LogP contribution in [0.5, 0.6) is 0 Å². The number of benzene rings is 1. The maximum atomic E-state index is 12.7. The summed E-state index contributed by atoms with van der Waals surface area (Å²) in [4.78, 5) is 11.4. The maximum Gasteiger partial charge on any atom is 0.338 e. The molecule has 0 fully saturated rings. The van der Waals surface area contributed by atoms with Crippen molar-refractivity contribution < 1.29 is 18.3 Å². The summed E-state index contributed by atoms with van der Waals surface area (Å²) < 4.78 is 30.2. The van der Waals surface area contributed by atoms with Gasteiger partial charge in [-0.1, -0.05) is 0 Å². The Bertz CT molecular complexity index is 478. The van der Waals surface area contributed by atoms with Crippen LogP contribution in [0.25, 0.3) is 0 Å². The fraction of sp³-hybridized carbons (Fsp3) is 0.333. The van der Waals surface area contributed by atoms with Gasteiger partial charge in [0, 0.05) is 5.56 Å². The van der Waals surface area contributed by atoms with Crippen LogP contribution in [0.3, 0.4) is 0 Å². The van der Waals surface area contributed by atoms with Crippen molar-refractivity contribution in [3.8, 4) is 6.07 Å². The molecule has 0 radical (unpaired) electrons. The Morgan fingerprint density at radius 2 is 2.18 bits per heavy atom. The number of nitrogens with zero attached hydrogens (tertiary/aromatic N) is 1. The first-order valence-corrected chi connectivity index (χ1v) is 5.01. The number of ether oxygens (including phenoxy) is 1. The lowest BCUT2D eigenvalue weighted by atomic mass is 9.99. The van der Waals surface area contributed by atoms with E-state index in [0.29, 0.717) is 5.56 Å². The Balaban J connectivity index is 3.30. The number of rotatable bonds is 3. The molecular formula is C12H11F2NO2. The Kier molecular flexibility index (Phi) is 4.16.